The third-order valence-electron chi connectivity index (χ3n) is 0.990. The molecule has 0 bridgehead atoms. The van der Waals surface area contributed by atoms with Gasteiger partial charge in [0.05, 0.1) is 4.47 Å². The standard InChI is InChI=1S/C5H4BrCl2N2/c1-10-4(7)2-3(6)5(8)9-10/h2H,1H3/q+1. The van der Waals surface area contributed by atoms with E-state index in [0.29, 0.717) is 14.8 Å². The lowest BCUT2D eigenvalue weighted by molar-refractivity contribution is -0.728. The maximum Gasteiger partial charge on any atom is 0.301 e. The number of halogens is 3. The maximum atomic E-state index is 5.70. The van der Waals surface area contributed by atoms with Crippen LogP contribution in [0.15, 0.2) is 10.5 Å². The third kappa shape index (κ3) is 1.59. The number of rotatable bonds is 0. The van der Waals surface area contributed by atoms with Gasteiger partial charge in [-0.1, -0.05) is 16.3 Å². The van der Waals surface area contributed by atoms with Crippen LogP contribution in [0.1, 0.15) is 0 Å². The van der Waals surface area contributed by atoms with E-state index in [1.807, 2.05) is 0 Å². The second-order valence-corrected chi connectivity index (χ2v) is 3.33. The Kier molecular flexibility index (Phi) is 2.50. The van der Waals surface area contributed by atoms with Crippen molar-refractivity contribution in [3.63, 3.8) is 0 Å². The molecule has 0 aliphatic rings. The minimum absolute atomic E-state index is 0.409. The Bertz CT molecular complexity index is 214. The lowest BCUT2D eigenvalue weighted by Crippen LogP contribution is -2.34. The average Bonchev–Trinajstić information content (AvgIpc) is 1.84. The molecule has 1 aromatic heterocycles. The predicted octanol–water partition coefficient (Wildman–Crippen LogP) is 1.98. The van der Waals surface area contributed by atoms with Crippen LogP contribution in [0.4, 0.5) is 0 Å². The fourth-order valence-corrected chi connectivity index (χ4v) is 1.23. The SMILES string of the molecule is C[n+]1nc(Cl)c(Br)cc1Cl. The minimum atomic E-state index is 0.409. The molecule has 2 nitrogen and oxygen atoms in total. The highest BCUT2D eigenvalue weighted by Crippen LogP contribution is 2.19. The van der Waals surface area contributed by atoms with E-state index in [0.717, 1.165) is 0 Å². The summed E-state index contributed by atoms with van der Waals surface area (Å²) in [7, 11) is 1.72. The zero-order valence-corrected chi connectivity index (χ0v) is 8.20. The molecule has 0 fully saturated rings. The summed E-state index contributed by atoms with van der Waals surface area (Å²) in [5.41, 5.74) is 0. The van der Waals surface area contributed by atoms with Gasteiger partial charge in [-0.3, -0.25) is 0 Å². The van der Waals surface area contributed by atoms with Crippen molar-refractivity contribution in [3.05, 3.63) is 20.8 Å². The van der Waals surface area contributed by atoms with Crippen LogP contribution in [0.25, 0.3) is 0 Å². The van der Waals surface area contributed by atoms with Gasteiger partial charge < -0.3 is 0 Å². The van der Waals surface area contributed by atoms with E-state index in [-0.39, 0.29) is 0 Å². The van der Waals surface area contributed by atoms with Crippen LogP contribution in [0.5, 0.6) is 0 Å². The molecule has 1 aromatic rings. The molecule has 0 N–H and O–H groups in total. The first-order valence-electron chi connectivity index (χ1n) is 2.49. The molecule has 0 unspecified atom stereocenters. The molecule has 0 saturated heterocycles. The molecular formula is C5H4BrCl2N2+. The van der Waals surface area contributed by atoms with Crippen molar-refractivity contribution in [2.75, 3.05) is 0 Å². The number of nitrogens with zero attached hydrogens (tertiary/aromatic N) is 2. The first-order chi connectivity index (χ1) is 4.61. The zero-order valence-electron chi connectivity index (χ0n) is 5.11. The molecule has 0 saturated carbocycles. The quantitative estimate of drug-likeness (QED) is 0.636. The zero-order chi connectivity index (χ0) is 7.72. The highest BCUT2D eigenvalue weighted by Gasteiger charge is 2.09. The second-order valence-electron chi connectivity index (χ2n) is 1.73. The van der Waals surface area contributed by atoms with Crippen LogP contribution in [0, 0.1) is 0 Å². The van der Waals surface area contributed by atoms with Crippen LogP contribution in [0.2, 0.25) is 10.3 Å². The van der Waals surface area contributed by atoms with E-state index in [1.54, 1.807) is 13.1 Å². The molecule has 0 atom stereocenters. The van der Waals surface area contributed by atoms with Gasteiger partial charge >= 0.3 is 5.15 Å². The number of aromatic nitrogens is 2. The van der Waals surface area contributed by atoms with Gasteiger partial charge in [0.15, 0.2) is 7.05 Å². The molecule has 0 spiro atoms. The van der Waals surface area contributed by atoms with Gasteiger partial charge in [-0.2, -0.15) is 0 Å². The Morgan fingerprint density at radius 1 is 1.60 bits per heavy atom. The largest absolute Gasteiger partial charge is 0.301 e. The van der Waals surface area contributed by atoms with Crippen LogP contribution in [0.3, 0.4) is 0 Å². The maximum absolute atomic E-state index is 5.70. The molecule has 10 heavy (non-hydrogen) atoms. The van der Waals surface area contributed by atoms with Crippen molar-refractivity contribution < 1.29 is 4.68 Å². The Morgan fingerprint density at radius 3 is 2.70 bits per heavy atom. The van der Waals surface area contributed by atoms with Gasteiger partial charge in [-0.15, -0.1) is 0 Å². The topological polar surface area (TPSA) is 16.8 Å². The van der Waals surface area contributed by atoms with Gasteiger partial charge in [0.1, 0.15) is 0 Å². The highest BCUT2D eigenvalue weighted by atomic mass is 79.9. The van der Waals surface area contributed by atoms with Crippen molar-refractivity contribution in [1.82, 2.24) is 5.10 Å². The Balaban J connectivity index is 3.28. The third-order valence-corrected chi connectivity index (χ3v) is 2.46. The van der Waals surface area contributed by atoms with Crippen molar-refractivity contribution in [2.45, 2.75) is 0 Å². The summed E-state index contributed by atoms with van der Waals surface area (Å²) in [5.74, 6) is 0. The minimum Gasteiger partial charge on any atom is -0.0740 e. The molecule has 1 rings (SSSR count). The molecule has 5 heteroatoms. The smallest absolute Gasteiger partial charge is 0.0740 e. The summed E-state index contributed by atoms with van der Waals surface area (Å²) in [6, 6.07) is 1.69. The van der Waals surface area contributed by atoms with Crippen LogP contribution in [-0.2, 0) is 7.05 Å². The van der Waals surface area contributed by atoms with Crippen molar-refractivity contribution in [3.8, 4) is 0 Å². The first kappa shape index (κ1) is 8.24. The lowest BCUT2D eigenvalue weighted by Gasteiger charge is -1.91. The molecule has 0 aliphatic carbocycles. The molecule has 0 aromatic carbocycles. The molecular weight excluding hydrogens is 239 g/mol. The van der Waals surface area contributed by atoms with Crippen LogP contribution >= 0.6 is 39.1 Å². The fourth-order valence-electron chi connectivity index (χ4n) is 0.485. The summed E-state index contributed by atoms with van der Waals surface area (Å²) >= 11 is 14.5. The number of hydrogen-bond acceptors (Lipinski definition) is 1. The Labute approximate surface area is 76.9 Å². The average molecular weight is 243 g/mol. The van der Waals surface area contributed by atoms with E-state index >= 15 is 0 Å². The van der Waals surface area contributed by atoms with Crippen molar-refractivity contribution in [2.24, 2.45) is 7.05 Å². The van der Waals surface area contributed by atoms with E-state index in [4.69, 9.17) is 23.2 Å². The predicted molar refractivity (Wildman–Crippen MR) is 43.1 cm³/mol. The molecule has 0 amide bonds. The summed E-state index contributed by atoms with van der Waals surface area (Å²) < 4.78 is 2.20. The summed E-state index contributed by atoms with van der Waals surface area (Å²) in [6.45, 7) is 0. The first-order valence-corrected chi connectivity index (χ1v) is 4.04. The van der Waals surface area contributed by atoms with Gasteiger partial charge in [-0.05, 0) is 27.5 Å². The van der Waals surface area contributed by atoms with E-state index < -0.39 is 0 Å². The van der Waals surface area contributed by atoms with Crippen LogP contribution in [-0.4, -0.2) is 5.10 Å². The Hall–Kier alpha value is 0.140. The highest BCUT2D eigenvalue weighted by molar-refractivity contribution is 9.10. The molecule has 0 aliphatic heterocycles. The summed E-state index contributed by atoms with van der Waals surface area (Å²) in [5, 5.41) is 4.82. The van der Waals surface area contributed by atoms with Gasteiger partial charge in [-0.25, -0.2) is 0 Å². The normalized spacial score (nSPS) is 10.0. The van der Waals surface area contributed by atoms with E-state index in [9.17, 15) is 0 Å². The number of aryl methyl sites for hydroxylation is 1. The second kappa shape index (κ2) is 3.03. The lowest BCUT2D eigenvalue weighted by atomic mass is 10.6. The number of hydrogen-bond donors (Lipinski definition) is 0. The molecule has 54 valence electrons. The monoisotopic (exact) mass is 241 g/mol. The Morgan fingerprint density at radius 2 is 2.20 bits per heavy atom. The van der Waals surface area contributed by atoms with Crippen molar-refractivity contribution >= 4 is 39.1 Å². The van der Waals surface area contributed by atoms with Gasteiger partial charge in [0.2, 0.25) is 5.15 Å². The summed E-state index contributed by atoms with van der Waals surface area (Å²) in [6.07, 6.45) is 0. The fraction of sp³-hybridized carbons (Fsp3) is 0.200. The molecule has 0 radical (unpaired) electrons. The van der Waals surface area contributed by atoms with Crippen molar-refractivity contribution in [1.29, 1.82) is 0 Å². The van der Waals surface area contributed by atoms with E-state index in [2.05, 4.69) is 21.0 Å². The van der Waals surface area contributed by atoms with E-state index in [1.165, 1.54) is 4.68 Å². The van der Waals surface area contributed by atoms with Gasteiger partial charge in [0, 0.05) is 11.2 Å². The van der Waals surface area contributed by atoms with Gasteiger partial charge in [0.25, 0.3) is 0 Å². The summed E-state index contributed by atoms with van der Waals surface area (Å²) in [4.78, 5) is 0. The van der Waals surface area contributed by atoms with Crippen LogP contribution < -0.4 is 4.68 Å². The molecule has 1 heterocycles.